The van der Waals surface area contributed by atoms with Gasteiger partial charge >= 0.3 is 0 Å². The normalized spacial score (nSPS) is 17.9. The Labute approximate surface area is 133 Å². The molecule has 0 bridgehead atoms. The molecule has 1 heterocycles. The minimum Gasteiger partial charge on any atom is -0.324 e. The molecule has 3 rings (SSSR count). The van der Waals surface area contributed by atoms with Crippen LogP contribution in [-0.4, -0.2) is 18.4 Å². The average Bonchev–Trinajstić information content (AvgIpc) is 3.05. The van der Waals surface area contributed by atoms with E-state index < -0.39 is 0 Å². The first-order chi connectivity index (χ1) is 10.1. The zero-order valence-corrected chi connectivity index (χ0v) is 13.7. The molecule has 1 aliphatic carbocycles. The maximum absolute atomic E-state index is 12.7. The molecule has 1 saturated carbocycles. The van der Waals surface area contributed by atoms with E-state index in [2.05, 4.69) is 21.2 Å². The zero-order chi connectivity index (χ0) is 15.0. The topological polar surface area (TPSA) is 49.4 Å². The number of fused-ring (bicyclic) bond motifs is 1. The second-order valence-electron chi connectivity index (χ2n) is 5.86. The molecule has 21 heavy (non-hydrogen) atoms. The van der Waals surface area contributed by atoms with E-state index in [4.69, 9.17) is 0 Å². The van der Waals surface area contributed by atoms with Gasteiger partial charge in [0.15, 0.2) is 0 Å². The summed E-state index contributed by atoms with van der Waals surface area (Å²) in [6.45, 7) is 2.21. The van der Waals surface area contributed by atoms with Crippen molar-refractivity contribution in [3.8, 4) is 0 Å². The van der Waals surface area contributed by atoms with Crippen molar-refractivity contribution >= 4 is 39.1 Å². The number of carbonyl (C=O) groups is 2. The number of hydrogen-bond acceptors (Lipinski definition) is 2. The number of halogens is 1. The van der Waals surface area contributed by atoms with Crippen molar-refractivity contribution in [3.05, 3.63) is 22.2 Å². The molecule has 1 fully saturated rings. The van der Waals surface area contributed by atoms with E-state index in [-0.39, 0.29) is 17.7 Å². The first-order valence-electron chi connectivity index (χ1n) is 7.47. The molecule has 2 aliphatic rings. The average molecular weight is 351 g/mol. The van der Waals surface area contributed by atoms with E-state index in [1.54, 1.807) is 0 Å². The molecular weight excluding hydrogens is 332 g/mol. The van der Waals surface area contributed by atoms with E-state index in [0.29, 0.717) is 6.54 Å². The van der Waals surface area contributed by atoms with Gasteiger partial charge in [0.2, 0.25) is 11.8 Å². The molecule has 5 heteroatoms. The molecule has 2 amide bonds. The maximum atomic E-state index is 12.7. The van der Waals surface area contributed by atoms with Crippen molar-refractivity contribution in [3.63, 3.8) is 0 Å². The van der Waals surface area contributed by atoms with E-state index in [1.807, 2.05) is 17.0 Å². The fourth-order valence-corrected chi connectivity index (χ4v) is 3.91. The van der Waals surface area contributed by atoms with Crippen LogP contribution in [0.4, 0.5) is 11.4 Å². The fraction of sp³-hybridized carbons (Fsp3) is 0.500. The molecule has 1 aromatic rings. The SMILES string of the molecule is CC(=O)Nc1cc(Br)cc2c1N(C(=O)C1CCCC1)CC2. The number of nitrogens with zero attached hydrogens (tertiary/aromatic N) is 1. The van der Waals surface area contributed by atoms with E-state index in [9.17, 15) is 9.59 Å². The fourth-order valence-electron chi connectivity index (χ4n) is 3.41. The summed E-state index contributed by atoms with van der Waals surface area (Å²) in [5.41, 5.74) is 2.75. The van der Waals surface area contributed by atoms with Gasteiger partial charge in [-0.1, -0.05) is 28.8 Å². The van der Waals surface area contributed by atoms with Gasteiger partial charge in [0.25, 0.3) is 0 Å². The highest BCUT2D eigenvalue weighted by molar-refractivity contribution is 9.10. The van der Waals surface area contributed by atoms with Crippen LogP contribution in [-0.2, 0) is 16.0 Å². The van der Waals surface area contributed by atoms with Crippen molar-refractivity contribution in [2.24, 2.45) is 5.92 Å². The molecule has 1 aliphatic heterocycles. The van der Waals surface area contributed by atoms with Crippen molar-refractivity contribution in [1.29, 1.82) is 0 Å². The van der Waals surface area contributed by atoms with Crippen LogP contribution in [0, 0.1) is 5.92 Å². The van der Waals surface area contributed by atoms with Crippen molar-refractivity contribution in [1.82, 2.24) is 0 Å². The van der Waals surface area contributed by atoms with Gasteiger partial charge in [0, 0.05) is 23.9 Å². The van der Waals surface area contributed by atoms with Gasteiger partial charge in [-0.3, -0.25) is 9.59 Å². The van der Waals surface area contributed by atoms with E-state index in [1.165, 1.54) is 6.92 Å². The second kappa shape index (κ2) is 5.79. The summed E-state index contributed by atoms with van der Waals surface area (Å²) in [5, 5.41) is 2.86. The Hall–Kier alpha value is -1.36. The highest BCUT2D eigenvalue weighted by Gasteiger charge is 2.33. The van der Waals surface area contributed by atoms with Gasteiger partial charge in [-0.25, -0.2) is 0 Å². The van der Waals surface area contributed by atoms with Crippen LogP contribution in [0.1, 0.15) is 38.2 Å². The van der Waals surface area contributed by atoms with Crippen molar-refractivity contribution in [2.75, 3.05) is 16.8 Å². The van der Waals surface area contributed by atoms with Crippen LogP contribution < -0.4 is 10.2 Å². The zero-order valence-electron chi connectivity index (χ0n) is 12.1. The quantitative estimate of drug-likeness (QED) is 0.887. The molecule has 0 unspecified atom stereocenters. The third kappa shape index (κ3) is 2.84. The first kappa shape index (κ1) is 14.6. The number of nitrogens with one attached hydrogen (secondary N) is 1. The van der Waals surface area contributed by atoms with Crippen LogP contribution in [0.5, 0.6) is 0 Å². The standard InChI is InChI=1S/C16H19BrN2O2/c1-10(20)18-14-9-13(17)8-12-6-7-19(15(12)14)16(21)11-4-2-3-5-11/h8-9,11H,2-7H2,1H3,(H,18,20). The smallest absolute Gasteiger partial charge is 0.230 e. The Balaban J connectivity index is 1.95. The summed E-state index contributed by atoms with van der Waals surface area (Å²) in [6, 6.07) is 3.92. The minimum atomic E-state index is -0.115. The van der Waals surface area contributed by atoms with Gasteiger partial charge in [-0.15, -0.1) is 0 Å². The molecule has 1 N–H and O–H groups in total. The summed E-state index contributed by atoms with van der Waals surface area (Å²) in [6.07, 6.45) is 5.14. The van der Waals surface area contributed by atoms with Crippen LogP contribution >= 0.6 is 15.9 Å². The molecule has 0 radical (unpaired) electrons. The Bertz CT molecular complexity index is 594. The lowest BCUT2D eigenvalue weighted by Gasteiger charge is -2.23. The van der Waals surface area contributed by atoms with Crippen LogP contribution in [0.3, 0.4) is 0 Å². The van der Waals surface area contributed by atoms with Crippen molar-refractivity contribution in [2.45, 2.75) is 39.0 Å². The molecule has 1 aromatic carbocycles. The molecule has 4 nitrogen and oxygen atoms in total. The summed E-state index contributed by atoms with van der Waals surface area (Å²) in [5.74, 6) is 0.264. The van der Waals surface area contributed by atoms with E-state index in [0.717, 1.165) is 53.5 Å². The van der Waals surface area contributed by atoms with Gasteiger partial charge in [-0.05, 0) is 37.0 Å². The Morgan fingerprint density at radius 1 is 1.29 bits per heavy atom. The highest BCUT2D eigenvalue weighted by atomic mass is 79.9. The third-order valence-electron chi connectivity index (χ3n) is 4.31. The highest BCUT2D eigenvalue weighted by Crippen LogP contribution is 2.40. The lowest BCUT2D eigenvalue weighted by molar-refractivity contribution is -0.122. The lowest BCUT2D eigenvalue weighted by Crippen LogP contribution is -2.34. The predicted octanol–water partition coefficient (Wildman–Crippen LogP) is 3.49. The molecule has 0 saturated heterocycles. The minimum absolute atomic E-state index is 0.115. The van der Waals surface area contributed by atoms with Crippen molar-refractivity contribution < 1.29 is 9.59 Å². The van der Waals surface area contributed by atoms with Crippen LogP contribution in [0.2, 0.25) is 0 Å². The van der Waals surface area contributed by atoms with E-state index >= 15 is 0 Å². The number of anilines is 2. The molecule has 0 aromatic heterocycles. The number of benzene rings is 1. The van der Waals surface area contributed by atoms with Gasteiger partial charge in [0.1, 0.15) is 0 Å². The predicted molar refractivity (Wildman–Crippen MR) is 86.5 cm³/mol. The first-order valence-corrected chi connectivity index (χ1v) is 8.27. The summed E-state index contributed by atoms with van der Waals surface area (Å²) in [4.78, 5) is 26.0. The number of hydrogen-bond donors (Lipinski definition) is 1. The monoisotopic (exact) mass is 350 g/mol. The summed E-state index contributed by atoms with van der Waals surface area (Å²) >= 11 is 3.47. The van der Waals surface area contributed by atoms with Gasteiger partial charge in [-0.2, -0.15) is 0 Å². The summed E-state index contributed by atoms with van der Waals surface area (Å²) in [7, 11) is 0. The Morgan fingerprint density at radius 3 is 2.67 bits per heavy atom. The molecule has 0 atom stereocenters. The second-order valence-corrected chi connectivity index (χ2v) is 6.78. The number of rotatable bonds is 2. The molecular formula is C16H19BrN2O2. The van der Waals surface area contributed by atoms with Gasteiger partial charge < -0.3 is 10.2 Å². The molecule has 0 spiro atoms. The Morgan fingerprint density at radius 2 is 2.00 bits per heavy atom. The number of amides is 2. The molecule has 112 valence electrons. The third-order valence-corrected chi connectivity index (χ3v) is 4.77. The largest absolute Gasteiger partial charge is 0.324 e. The van der Waals surface area contributed by atoms with Gasteiger partial charge in [0.05, 0.1) is 11.4 Å². The van der Waals surface area contributed by atoms with Crippen LogP contribution in [0.25, 0.3) is 0 Å². The maximum Gasteiger partial charge on any atom is 0.230 e. The number of carbonyl (C=O) groups excluding carboxylic acids is 2. The Kier molecular flexibility index (Phi) is 4.02. The van der Waals surface area contributed by atoms with Crippen LogP contribution in [0.15, 0.2) is 16.6 Å². The summed E-state index contributed by atoms with van der Waals surface area (Å²) < 4.78 is 0.931. The lowest BCUT2D eigenvalue weighted by atomic mass is 10.1.